The van der Waals surface area contributed by atoms with Gasteiger partial charge in [0.05, 0.1) is 0 Å². The smallest absolute Gasteiger partial charge is 0.127 e. The number of likely N-dealkylation sites (N-methyl/N-ethyl adjacent to an activating group) is 1. The molecule has 1 N–H and O–H groups in total. The first-order chi connectivity index (χ1) is 9.83. The summed E-state index contributed by atoms with van der Waals surface area (Å²) in [5.74, 6) is -0.0894. The fourth-order valence-electron chi connectivity index (χ4n) is 2.47. The van der Waals surface area contributed by atoms with Crippen LogP contribution in [0.5, 0.6) is 0 Å². The summed E-state index contributed by atoms with van der Waals surface area (Å²) in [6.07, 6.45) is 0. The lowest BCUT2D eigenvalue weighted by atomic mass is 10.1. The third-order valence-corrected chi connectivity index (χ3v) is 3.92. The Hall–Kier alpha value is -0.970. The van der Waals surface area contributed by atoms with Crippen LogP contribution in [0.3, 0.4) is 0 Å². The van der Waals surface area contributed by atoms with Crippen LogP contribution in [0, 0.1) is 5.82 Å². The fraction of sp³-hybridized carbons (Fsp3) is 0.647. The molecule has 0 radical (unpaired) electrons. The van der Waals surface area contributed by atoms with Gasteiger partial charge in [0.2, 0.25) is 0 Å². The standard InChI is InChI=1S/C17H28FN3/c1-17(2,3)19-12-14-5-6-16(18)15(11-14)13-21-9-7-20(4)8-10-21/h5-6,11,19H,7-10,12-13H2,1-4H3. The van der Waals surface area contributed by atoms with Gasteiger partial charge in [-0.15, -0.1) is 0 Å². The van der Waals surface area contributed by atoms with E-state index in [9.17, 15) is 4.39 Å². The van der Waals surface area contributed by atoms with Gasteiger partial charge in [-0.05, 0) is 39.4 Å². The summed E-state index contributed by atoms with van der Waals surface area (Å²) < 4.78 is 14.0. The second-order valence-electron chi connectivity index (χ2n) is 7.11. The minimum Gasteiger partial charge on any atom is -0.308 e. The van der Waals surface area contributed by atoms with Crippen molar-refractivity contribution in [3.05, 3.63) is 35.1 Å². The van der Waals surface area contributed by atoms with Crippen molar-refractivity contribution in [1.82, 2.24) is 15.1 Å². The molecule has 21 heavy (non-hydrogen) atoms. The number of nitrogens with one attached hydrogen (secondary N) is 1. The molecule has 1 heterocycles. The molecule has 0 atom stereocenters. The quantitative estimate of drug-likeness (QED) is 0.920. The van der Waals surface area contributed by atoms with Crippen molar-refractivity contribution in [2.75, 3.05) is 33.2 Å². The lowest BCUT2D eigenvalue weighted by Gasteiger charge is -2.32. The number of rotatable bonds is 4. The van der Waals surface area contributed by atoms with Gasteiger partial charge in [0.1, 0.15) is 5.82 Å². The molecule has 1 aliphatic heterocycles. The Labute approximate surface area is 128 Å². The van der Waals surface area contributed by atoms with E-state index < -0.39 is 0 Å². The zero-order chi connectivity index (χ0) is 15.5. The monoisotopic (exact) mass is 293 g/mol. The van der Waals surface area contributed by atoms with Gasteiger partial charge >= 0.3 is 0 Å². The zero-order valence-corrected chi connectivity index (χ0v) is 13.7. The van der Waals surface area contributed by atoms with Gasteiger partial charge in [0.25, 0.3) is 0 Å². The first-order valence-corrected chi connectivity index (χ1v) is 7.77. The van der Waals surface area contributed by atoms with Crippen molar-refractivity contribution in [1.29, 1.82) is 0 Å². The maximum Gasteiger partial charge on any atom is 0.127 e. The van der Waals surface area contributed by atoms with Crippen molar-refractivity contribution >= 4 is 0 Å². The Morgan fingerprint density at radius 2 is 1.81 bits per heavy atom. The molecule has 0 aromatic heterocycles. The predicted molar refractivity (Wildman–Crippen MR) is 85.8 cm³/mol. The van der Waals surface area contributed by atoms with E-state index in [0.29, 0.717) is 6.54 Å². The van der Waals surface area contributed by atoms with Crippen LogP contribution in [-0.4, -0.2) is 48.6 Å². The van der Waals surface area contributed by atoms with E-state index in [2.05, 4.69) is 42.9 Å². The third kappa shape index (κ3) is 5.38. The molecule has 0 bridgehead atoms. The minimum absolute atomic E-state index is 0.0754. The summed E-state index contributed by atoms with van der Waals surface area (Å²) in [4.78, 5) is 4.65. The van der Waals surface area contributed by atoms with Crippen molar-refractivity contribution in [2.45, 2.75) is 39.4 Å². The maximum atomic E-state index is 14.0. The Morgan fingerprint density at radius 3 is 2.43 bits per heavy atom. The SMILES string of the molecule is CN1CCN(Cc2cc(CNC(C)(C)C)ccc2F)CC1. The van der Waals surface area contributed by atoms with Crippen LogP contribution >= 0.6 is 0 Å². The number of benzene rings is 1. The second kappa shape index (κ2) is 6.86. The topological polar surface area (TPSA) is 18.5 Å². The van der Waals surface area contributed by atoms with Gasteiger partial charge in [-0.1, -0.05) is 12.1 Å². The van der Waals surface area contributed by atoms with Crippen molar-refractivity contribution in [3.63, 3.8) is 0 Å². The van der Waals surface area contributed by atoms with Crippen LogP contribution in [0.2, 0.25) is 0 Å². The number of hydrogen-bond acceptors (Lipinski definition) is 3. The van der Waals surface area contributed by atoms with Gasteiger partial charge in [-0.25, -0.2) is 4.39 Å². The molecule has 118 valence electrons. The van der Waals surface area contributed by atoms with Crippen LogP contribution < -0.4 is 5.32 Å². The number of nitrogens with zero attached hydrogens (tertiary/aromatic N) is 2. The normalized spacial score (nSPS) is 18.1. The Kier molecular flexibility index (Phi) is 5.36. The minimum atomic E-state index is -0.0894. The third-order valence-electron chi connectivity index (χ3n) is 3.92. The number of halogens is 1. The molecule has 1 fully saturated rings. The van der Waals surface area contributed by atoms with Crippen molar-refractivity contribution in [3.8, 4) is 0 Å². The lowest BCUT2D eigenvalue weighted by Crippen LogP contribution is -2.44. The molecule has 0 unspecified atom stereocenters. The van der Waals surface area contributed by atoms with Crippen LogP contribution in [0.1, 0.15) is 31.9 Å². The van der Waals surface area contributed by atoms with E-state index >= 15 is 0 Å². The summed E-state index contributed by atoms with van der Waals surface area (Å²) in [5.41, 5.74) is 2.04. The average molecular weight is 293 g/mol. The molecule has 4 heteroatoms. The largest absolute Gasteiger partial charge is 0.308 e. The highest BCUT2D eigenvalue weighted by Gasteiger charge is 2.16. The summed E-state index contributed by atoms with van der Waals surface area (Å²) in [5, 5.41) is 3.45. The first kappa shape index (κ1) is 16.4. The highest BCUT2D eigenvalue weighted by Crippen LogP contribution is 2.15. The summed E-state index contributed by atoms with van der Waals surface area (Å²) in [6.45, 7) is 12.1. The van der Waals surface area contributed by atoms with E-state index in [4.69, 9.17) is 0 Å². The summed E-state index contributed by atoms with van der Waals surface area (Å²) in [6, 6.07) is 5.49. The van der Waals surface area contributed by atoms with Gasteiger partial charge in [-0.3, -0.25) is 4.90 Å². The molecule has 0 aliphatic carbocycles. The first-order valence-electron chi connectivity index (χ1n) is 7.77. The van der Waals surface area contributed by atoms with Gasteiger partial charge in [0, 0.05) is 50.4 Å². The zero-order valence-electron chi connectivity index (χ0n) is 13.7. The van der Waals surface area contributed by atoms with Crippen LogP contribution in [0.25, 0.3) is 0 Å². The van der Waals surface area contributed by atoms with Crippen molar-refractivity contribution < 1.29 is 4.39 Å². The number of hydrogen-bond donors (Lipinski definition) is 1. The van der Waals surface area contributed by atoms with Crippen LogP contribution in [0.15, 0.2) is 18.2 Å². The molecule has 1 aromatic carbocycles. The molecular formula is C17H28FN3. The van der Waals surface area contributed by atoms with Crippen LogP contribution in [-0.2, 0) is 13.1 Å². The molecule has 3 nitrogen and oxygen atoms in total. The Balaban J connectivity index is 1.98. The predicted octanol–water partition coefficient (Wildman–Crippen LogP) is 2.46. The maximum absolute atomic E-state index is 14.0. The highest BCUT2D eigenvalue weighted by atomic mass is 19.1. The molecule has 2 rings (SSSR count). The molecule has 0 amide bonds. The molecule has 1 aliphatic rings. The van der Waals surface area contributed by atoms with E-state index in [1.807, 2.05) is 12.1 Å². The summed E-state index contributed by atoms with van der Waals surface area (Å²) in [7, 11) is 2.14. The molecule has 1 aromatic rings. The van der Waals surface area contributed by atoms with Crippen LogP contribution in [0.4, 0.5) is 4.39 Å². The van der Waals surface area contributed by atoms with Gasteiger partial charge in [-0.2, -0.15) is 0 Å². The molecular weight excluding hydrogens is 265 g/mol. The molecule has 1 saturated heterocycles. The molecule has 0 spiro atoms. The fourth-order valence-corrected chi connectivity index (χ4v) is 2.47. The van der Waals surface area contributed by atoms with E-state index in [0.717, 1.165) is 43.9 Å². The average Bonchev–Trinajstić information content (AvgIpc) is 2.41. The highest BCUT2D eigenvalue weighted by molar-refractivity contribution is 5.25. The van der Waals surface area contributed by atoms with E-state index in [1.165, 1.54) is 0 Å². The van der Waals surface area contributed by atoms with Crippen molar-refractivity contribution in [2.24, 2.45) is 0 Å². The van der Waals surface area contributed by atoms with Gasteiger partial charge < -0.3 is 10.2 Å². The molecule has 0 saturated carbocycles. The van der Waals surface area contributed by atoms with E-state index in [1.54, 1.807) is 6.07 Å². The second-order valence-corrected chi connectivity index (χ2v) is 7.11. The Bertz CT molecular complexity index is 460. The van der Waals surface area contributed by atoms with Gasteiger partial charge in [0.15, 0.2) is 0 Å². The Morgan fingerprint density at radius 1 is 1.14 bits per heavy atom. The number of piperazine rings is 1. The summed E-state index contributed by atoms with van der Waals surface area (Å²) >= 11 is 0. The van der Waals surface area contributed by atoms with E-state index in [-0.39, 0.29) is 11.4 Å². The lowest BCUT2D eigenvalue weighted by molar-refractivity contribution is 0.147.